The maximum atomic E-state index is 12.8. The van der Waals surface area contributed by atoms with Crippen LogP contribution >= 0.6 is 42.4 Å². The summed E-state index contributed by atoms with van der Waals surface area (Å²) in [6.45, 7) is -0.305. The van der Waals surface area contributed by atoms with Crippen molar-refractivity contribution in [2.24, 2.45) is 5.73 Å². The van der Waals surface area contributed by atoms with Crippen molar-refractivity contribution in [1.82, 2.24) is 10.6 Å². The van der Waals surface area contributed by atoms with Gasteiger partial charge in [0.1, 0.15) is 6.04 Å². The normalized spacial score (nSPS) is 13.3. The first-order valence-corrected chi connectivity index (χ1v) is 22.7. The molecule has 3 aromatic carbocycles. The van der Waals surface area contributed by atoms with Crippen molar-refractivity contribution in [1.29, 1.82) is 0 Å². The molecule has 13 heteroatoms. The molecular weight excluding hydrogens is 733 g/mol. The van der Waals surface area contributed by atoms with Gasteiger partial charge < -0.3 is 15.2 Å². The number of methoxy groups -OCH3 is 2. The number of hydrogen-bond acceptors (Lipinski definition) is 9. The smallest absolute Gasteiger partial charge is 0.468 e. The zero-order valence-electron chi connectivity index (χ0n) is 27.3. The SMILES string of the molecule is COC(=O)CNC(=O)[C@H](CSSCCCCCP(Br)(c1ccccc1)(c1ccccc1)c1ccccc1)NC(=O)CC[C@H](N)C(=O)OC. The maximum absolute atomic E-state index is 12.8. The van der Waals surface area contributed by atoms with E-state index >= 15 is 0 Å². The van der Waals surface area contributed by atoms with Gasteiger partial charge in [0.15, 0.2) is 0 Å². The van der Waals surface area contributed by atoms with E-state index in [4.69, 9.17) is 5.73 Å². The molecule has 0 saturated carbocycles. The molecule has 2 amide bonds. The van der Waals surface area contributed by atoms with Gasteiger partial charge in [-0.2, -0.15) is 0 Å². The molecule has 0 radical (unpaired) electrons. The Bertz CT molecular complexity index is 1370. The Kier molecular flexibility index (Phi) is 16.4. The van der Waals surface area contributed by atoms with Crippen LogP contribution in [-0.4, -0.2) is 74.3 Å². The van der Waals surface area contributed by atoms with Crippen LogP contribution in [0.4, 0.5) is 0 Å². The summed E-state index contributed by atoms with van der Waals surface area (Å²) in [7, 11) is 5.58. The Labute approximate surface area is 299 Å². The molecule has 0 saturated heterocycles. The van der Waals surface area contributed by atoms with E-state index in [-0.39, 0.29) is 19.4 Å². The number of nitrogens with two attached hydrogens (primary N) is 1. The number of carbonyl (C=O) groups is 4. The summed E-state index contributed by atoms with van der Waals surface area (Å²) in [4.78, 5) is 48.5. The van der Waals surface area contributed by atoms with Gasteiger partial charge in [0.05, 0.1) is 14.2 Å². The van der Waals surface area contributed by atoms with Crippen molar-refractivity contribution in [2.75, 3.05) is 38.4 Å². The van der Waals surface area contributed by atoms with E-state index in [9.17, 15) is 19.2 Å². The third-order valence-electron chi connectivity index (χ3n) is 7.98. The van der Waals surface area contributed by atoms with E-state index in [0.717, 1.165) is 31.2 Å². The Hall–Kier alpha value is -2.89. The molecule has 0 aliphatic carbocycles. The van der Waals surface area contributed by atoms with Gasteiger partial charge in [-0.25, -0.2) is 0 Å². The van der Waals surface area contributed by atoms with Crippen LogP contribution < -0.4 is 32.3 Å². The second kappa shape index (κ2) is 19.9. The van der Waals surface area contributed by atoms with Gasteiger partial charge in [-0.3, -0.25) is 9.59 Å². The monoisotopic (exact) mass is 777 g/mol. The van der Waals surface area contributed by atoms with Crippen molar-refractivity contribution in [3.8, 4) is 0 Å². The zero-order valence-corrected chi connectivity index (χ0v) is 31.5. The van der Waals surface area contributed by atoms with E-state index in [1.165, 1.54) is 40.9 Å². The van der Waals surface area contributed by atoms with Crippen molar-refractivity contribution in [3.63, 3.8) is 0 Å². The summed E-state index contributed by atoms with van der Waals surface area (Å²) in [5.74, 6) is -0.968. The van der Waals surface area contributed by atoms with Crippen LogP contribution in [-0.2, 0) is 28.7 Å². The Morgan fingerprint density at radius 1 is 0.792 bits per heavy atom. The molecule has 3 rings (SSSR count). The average molecular weight is 779 g/mol. The summed E-state index contributed by atoms with van der Waals surface area (Å²) >= 11 is 4.51. The van der Waals surface area contributed by atoms with Crippen LogP contribution in [0, 0.1) is 0 Å². The standard InChI is InChI=1S/C35H45BrN3O6PS2/c1-44-33(41)25-38-34(42)31(39-32(40)22-21-30(37)35(43)45-2)26-48-47-24-14-6-13-23-46(36,27-15-7-3-8-16-27,28-17-9-4-10-18-28)29-19-11-5-12-20-29/h3-5,7-12,15-20,30-31H,6,13-14,21-26,37H2,1-2H3,(H,38,42)(H,39,40)/t30-,31-/m0/s1. The number of amides is 2. The van der Waals surface area contributed by atoms with E-state index in [1.54, 1.807) is 10.8 Å². The Balaban J connectivity index is 1.59. The molecule has 0 aliphatic heterocycles. The summed E-state index contributed by atoms with van der Waals surface area (Å²) in [6, 6.07) is 30.5. The number of halogens is 1. The van der Waals surface area contributed by atoms with Crippen molar-refractivity contribution in [3.05, 3.63) is 91.0 Å². The third-order valence-corrected chi connectivity index (χ3v) is 20.5. The Morgan fingerprint density at radius 3 is 1.83 bits per heavy atom. The summed E-state index contributed by atoms with van der Waals surface area (Å²) in [6.07, 6.45) is 4.00. The zero-order chi connectivity index (χ0) is 34.9. The third kappa shape index (κ3) is 10.8. The molecule has 0 aromatic heterocycles. The number of unbranched alkanes of at least 4 members (excludes halogenated alkanes) is 2. The number of hydrogen-bond donors (Lipinski definition) is 3. The molecule has 3 aromatic rings. The number of nitrogens with one attached hydrogen (secondary N) is 2. The van der Waals surface area contributed by atoms with Gasteiger partial charge >= 0.3 is 249 Å². The number of esters is 2. The molecule has 0 fully saturated rings. The quantitative estimate of drug-likeness (QED) is 0.0659. The number of benzene rings is 3. The molecule has 0 bridgehead atoms. The molecule has 0 heterocycles. The first-order valence-electron chi connectivity index (χ1n) is 15.7. The van der Waals surface area contributed by atoms with Gasteiger partial charge in [-0.1, -0.05) is 0 Å². The van der Waals surface area contributed by atoms with Crippen molar-refractivity contribution < 1.29 is 28.7 Å². The minimum absolute atomic E-state index is 0.0531. The molecular formula is C35H45BrN3O6PS2. The Morgan fingerprint density at radius 2 is 1.33 bits per heavy atom. The van der Waals surface area contributed by atoms with Gasteiger partial charge in [0, 0.05) is 0 Å². The first-order chi connectivity index (χ1) is 23.1. The van der Waals surface area contributed by atoms with E-state index in [1.807, 2.05) is 0 Å². The van der Waals surface area contributed by atoms with Gasteiger partial charge in [-0.05, 0) is 6.42 Å². The number of carbonyl (C=O) groups excluding carboxylic acids is 4. The van der Waals surface area contributed by atoms with Crippen molar-refractivity contribution in [2.45, 2.75) is 44.2 Å². The van der Waals surface area contributed by atoms with Gasteiger partial charge in [-0.15, -0.1) is 0 Å². The average Bonchev–Trinajstić information content (AvgIpc) is 3.13. The molecule has 0 unspecified atom stereocenters. The fraction of sp³-hybridized carbons (Fsp3) is 0.371. The predicted molar refractivity (Wildman–Crippen MR) is 204 cm³/mol. The minimum Gasteiger partial charge on any atom is -0.468 e. The number of ether oxygens (including phenoxy) is 2. The second-order valence-electron chi connectivity index (χ2n) is 11.2. The van der Waals surface area contributed by atoms with Crippen LogP contribution in [0.3, 0.4) is 0 Å². The first kappa shape index (κ1) is 39.5. The molecule has 4 N–H and O–H groups in total. The van der Waals surface area contributed by atoms with Crippen molar-refractivity contribution >= 4 is 82.0 Å². The fourth-order valence-electron chi connectivity index (χ4n) is 5.33. The van der Waals surface area contributed by atoms with Crippen LogP contribution in [0.1, 0.15) is 32.1 Å². The van der Waals surface area contributed by atoms with Crippen LogP contribution in [0.15, 0.2) is 91.0 Å². The molecule has 48 heavy (non-hydrogen) atoms. The molecule has 2 atom stereocenters. The fourth-order valence-corrected chi connectivity index (χ4v) is 15.4. The molecule has 0 aliphatic rings. The second-order valence-corrected chi connectivity index (χ2v) is 22.8. The van der Waals surface area contributed by atoms with Crippen LogP contribution in [0.5, 0.6) is 0 Å². The summed E-state index contributed by atoms with van der Waals surface area (Å²) in [5.41, 5.74) is 5.74. The molecule has 260 valence electrons. The van der Waals surface area contributed by atoms with E-state index in [2.05, 4.69) is 127 Å². The van der Waals surface area contributed by atoms with Gasteiger partial charge in [0.2, 0.25) is 0 Å². The molecule has 9 nitrogen and oxygen atoms in total. The van der Waals surface area contributed by atoms with E-state index < -0.39 is 41.1 Å². The summed E-state index contributed by atoms with van der Waals surface area (Å²) < 4.78 is 9.20. The minimum atomic E-state index is -2.95. The molecule has 0 spiro atoms. The van der Waals surface area contributed by atoms with Gasteiger partial charge in [0.25, 0.3) is 0 Å². The number of rotatable bonds is 20. The van der Waals surface area contributed by atoms with Crippen LogP contribution in [0.25, 0.3) is 0 Å². The van der Waals surface area contributed by atoms with E-state index in [0.29, 0.717) is 5.75 Å². The van der Waals surface area contributed by atoms with Crippen LogP contribution in [0.2, 0.25) is 0 Å². The summed E-state index contributed by atoms with van der Waals surface area (Å²) in [5, 5.41) is 6.17. The topological polar surface area (TPSA) is 137 Å². The predicted octanol–water partition coefficient (Wildman–Crippen LogP) is 4.43.